The van der Waals surface area contributed by atoms with Gasteiger partial charge in [-0.2, -0.15) is 0 Å². The van der Waals surface area contributed by atoms with Gasteiger partial charge in [-0.1, -0.05) is 0 Å². The van der Waals surface area contributed by atoms with E-state index in [1.807, 2.05) is 0 Å². The van der Waals surface area contributed by atoms with Crippen LogP contribution in [0.5, 0.6) is 0 Å². The minimum absolute atomic E-state index is 0.0134. The van der Waals surface area contributed by atoms with Crippen LogP contribution in [0.2, 0.25) is 0 Å². The third kappa shape index (κ3) is 2.71. The van der Waals surface area contributed by atoms with Crippen molar-refractivity contribution in [2.75, 3.05) is 13.1 Å². The van der Waals surface area contributed by atoms with E-state index >= 15 is 0 Å². The molecular formula is C13H21N3O4. The number of nitrogens with zero attached hydrogens (tertiary/aromatic N) is 1. The maximum Gasteiger partial charge on any atom is 0.317 e. The van der Waals surface area contributed by atoms with Crippen molar-refractivity contribution in [1.82, 2.24) is 15.5 Å². The number of carbonyl (C=O) groups is 3. The largest absolute Gasteiger partial charge is 0.481 e. The van der Waals surface area contributed by atoms with Crippen LogP contribution in [0.4, 0.5) is 4.79 Å². The van der Waals surface area contributed by atoms with Gasteiger partial charge in [0, 0.05) is 19.1 Å². The third-order valence-electron chi connectivity index (χ3n) is 4.35. The van der Waals surface area contributed by atoms with Crippen LogP contribution in [0.1, 0.15) is 26.7 Å². The molecule has 2 saturated heterocycles. The summed E-state index contributed by atoms with van der Waals surface area (Å²) in [6.07, 6.45) is 1.60. The summed E-state index contributed by atoms with van der Waals surface area (Å²) < 4.78 is 0. The lowest BCUT2D eigenvalue weighted by molar-refractivity contribution is -0.141. The van der Waals surface area contributed by atoms with Gasteiger partial charge in [-0.3, -0.25) is 9.59 Å². The predicted molar refractivity (Wildman–Crippen MR) is 71.0 cm³/mol. The molecule has 3 N–H and O–H groups in total. The molecule has 7 heteroatoms. The van der Waals surface area contributed by atoms with Gasteiger partial charge in [0.2, 0.25) is 5.91 Å². The Balaban J connectivity index is 1.98. The first-order valence-corrected chi connectivity index (χ1v) is 6.99. The van der Waals surface area contributed by atoms with Gasteiger partial charge in [-0.25, -0.2) is 4.79 Å². The number of carboxylic acids is 1. The van der Waals surface area contributed by atoms with Crippen molar-refractivity contribution in [2.24, 2.45) is 11.8 Å². The van der Waals surface area contributed by atoms with Gasteiger partial charge in [0.1, 0.15) is 0 Å². The van der Waals surface area contributed by atoms with Crippen molar-refractivity contribution in [3.63, 3.8) is 0 Å². The molecule has 0 aromatic rings. The van der Waals surface area contributed by atoms with Gasteiger partial charge in [-0.05, 0) is 26.7 Å². The molecule has 0 aromatic carbocycles. The average molecular weight is 283 g/mol. The third-order valence-corrected chi connectivity index (χ3v) is 4.35. The maximum absolute atomic E-state index is 12.3. The van der Waals surface area contributed by atoms with E-state index in [0.29, 0.717) is 13.1 Å². The molecule has 2 heterocycles. The molecule has 0 aliphatic carbocycles. The fourth-order valence-corrected chi connectivity index (χ4v) is 2.82. The van der Waals surface area contributed by atoms with Crippen LogP contribution < -0.4 is 10.6 Å². The van der Waals surface area contributed by atoms with Crippen LogP contribution in [0.3, 0.4) is 0 Å². The summed E-state index contributed by atoms with van der Waals surface area (Å²) in [4.78, 5) is 36.5. The normalized spacial score (nSPS) is 28.3. The molecule has 2 aliphatic rings. The van der Waals surface area contributed by atoms with E-state index in [-0.39, 0.29) is 23.9 Å². The lowest BCUT2D eigenvalue weighted by Crippen LogP contribution is -2.55. The van der Waals surface area contributed by atoms with Crippen LogP contribution in [-0.2, 0) is 9.59 Å². The maximum atomic E-state index is 12.3. The number of urea groups is 1. The molecule has 2 rings (SSSR count). The SMILES string of the molecule is CC(NC(=O)N1CCCC2C(=O)NCC21)C(C)C(=O)O. The summed E-state index contributed by atoms with van der Waals surface area (Å²) >= 11 is 0. The number of fused-ring (bicyclic) bond motifs is 1. The fourth-order valence-electron chi connectivity index (χ4n) is 2.82. The first-order valence-electron chi connectivity index (χ1n) is 6.99. The van der Waals surface area contributed by atoms with Crippen molar-refractivity contribution < 1.29 is 19.5 Å². The lowest BCUT2D eigenvalue weighted by atomic mass is 9.92. The Morgan fingerprint density at radius 3 is 2.80 bits per heavy atom. The topological polar surface area (TPSA) is 98.7 Å². The Morgan fingerprint density at radius 1 is 1.45 bits per heavy atom. The standard InChI is InChI=1S/C13H21N3O4/c1-7(12(18)19)8(2)15-13(20)16-5-3-4-9-10(16)6-14-11(9)17/h7-10H,3-6H2,1-2H3,(H,14,17)(H,15,20)(H,18,19). The van der Waals surface area contributed by atoms with Crippen LogP contribution >= 0.6 is 0 Å². The van der Waals surface area contributed by atoms with Gasteiger partial charge in [0.25, 0.3) is 0 Å². The van der Waals surface area contributed by atoms with Crippen molar-refractivity contribution in [1.29, 1.82) is 0 Å². The molecule has 7 nitrogen and oxygen atoms in total. The molecule has 0 saturated carbocycles. The summed E-state index contributed by atoms with van der Waals surface area (Å²) in [6, 6.07) is -0.842. The Kier molecular flexibility index (Phi) is 4.15. The average Bonchev–Trinajstić information content (AvgIpc) is 2.79. The van der Waals surface area contributed by atoms with E-state index in [9.17, 15) is 14.4 Å². The molecule has 4 unspecified atom stereocenters. The van der Waals surface area contributed by atoms with E-state index in [0.717, 1.165) is 12.8 Å². The van der Waals surface area contributed by atoms with Gasteiger partial charge >= 0.3 is 12.0 Å². The van der Waals surface area contributed by atoms with Crippen LogP contribution in [0, 0.1) is 11.8 Å². The van der Waals surface area contributed by atoms with E-state index < -0.39 is 17.9 Å². The van der Waals surface area contributed by atoms with Gasteiger partial charge in [0.15, 0.2) is 0 Å². The summed E-state index contributed by atoms with van der Waals surface area (Å²) in [5.74, 6) is -1.70. The number of amides is 3. The predicted octanol–water partition coefficient (Wildman–Crippen LogP) is 0.0156. The van der Waals surface area contributed by atoms with Crippen molar-refractivity contribution >= 4 is 17.9 Å². The molecule has 112 valence electrons. The summed E-state index contributed by atoms with van der Waals surface area (Å²) in [7, 11) is 0. The summed E-state index contributed by atoms with van der Waals surface area (Å²) in [5.41, 5.74) is 0. The Morgan fingerprint density at radius 2 is 2.15 bits per heavy atom. The molecule has 0 radical (unpaired) electrons. The molecule has 0 aromatic heterocycles. The zero-order chi connectivity index (χ0) is 14.9. The van der Waals surface area contributed by atoms with Crippen LogP contribution in [0.25, 0.3) is 0 Å². The first-order chi connectivity index (χ1) is 9.41. The van der Waals surface area contributed by atoms with Gasteiger partial charge in [0.05, 0.1) is 17.9 Å². The number of carbonyl (C=O) groups excluding carboxylic acids is 2. The molecule has 0 spiro atoms. The van der Waals surface area contributed by atoms with E-state index in [1.54, 1.807) is 18.7 Å². The second kappa shape index (κ2) is 5.68. The number of hydrogen-bond donors (Lipinski definition) is 3. The quantitative estimate of drug-likeness (QED) is 0.679. The minimum Gasteiger partial charge on any atom is -0.481 e. The smallest absolute Gasteiger partial charge is 0.317 e. The highest BCUT2D eigenvalue weighted by Crippen LogP contribution is 2.27. The lowest BCUT2D eigenvalue weighted by Gasteiger charge is -2.36. The number of likely N-dealkylation sites (tertiary alicyclic amines) is 1. The number of piperidine rings is 1. The molecule has 2 aliphatic heterocycles. The molecule has 2 fully saturated rings. The highest BCUT2D eigenvalue weighted by atomic mass is 16.4. The van der Waals surface area contributed by atoms with Crippen LogP contribution in [0.15, 0.2) is 0 Å². The second-order valence-electron chi connectivity index (χ2n) is 5.62. The summed E-state index contributed by atoms with van der Waals surface area (Å²) in [5, 5.41) is 14.5. The van der Waals surface area contributed by atoms with Crippen molar-refractivity contribution in [2.45, 2.75) is 38.8 Å². The molecule has 3 amide bonds. The number of carboxylic acid groups (broad SMARTS) is 1. The van der Waals surface area contributed by atoms with Crippen molar-refractivity contribution in [3.05, 3.63) is 0 Å². The van der Waals surface area contributed by atoms with E-state index in [2.05, 4.69) is 10.6 Å². The molecular weight excluding hydrogens is 262 g/mol. The summed E-state index contributed by atoms with van der Waals surface area (Å²) in [6.45, 7) is 4.33. The molecule has 20 heavy (non-hydrogen) atoms. The highest BCUT2D eigenvalue weighted by Gasteiger charge is 2.42. The van der Waals surface area contributed by atoms with Gasteiger partial charge < -0.3 is 20.6 Å². The first kappa shape index (κ1) is 14.6. The van der Waals surface area contributed by atoms with E-state index in [4.69, 9.17) is 5.11 Å². The van der Waals surface area contributed by atoms with E-state index in [1.165, 1.54) is 0 Å². The van der Waals surface area contributed by atoms with Gasteiger partial charge in [-0.15, -0.1) is 0 Å². The van der Waals surface area contributed by atoms with Crippen molar-refractivity contribution in [3.8, 4) is 0 Å². The Labute approximate surface area is 117 Å². The van der Waals surface area contributed by atoms with Crippen LogP contribution in [-0.4, -0.2) is 53.1 Å². The molecule has 0 bridgehead atoms. The number of rotatable bonds is 3. The number of hydrogen-bond acceptors (Lipinski definition) is 3. The fraction of sp³-hybridized carbons (Fsp3) is 0.769. The zero-order valence-corrected chi connectivity index (χ0v) is 11.8. The Hall–Kier alpha value is -1.79. The second-order valence-corrected chi connectivity index (χ2v) is 5.62. The molecule has 4 atom stereocenters. The Bertz CT molecular complexity index is 426. The minimum atomic E-state index is -0.938. The number of aliphatic carboxylic acids is 1. The highest BCUT2D eigenvalue weighted by molar-refractivity contribution is 5.84. The number of nitrogens with one attached hydrogen (secondary N) is 2. The zero-order valence-electron chi connectivity index (χ0n) is 11.8. The monoisotopic (exact) mass is 283 g/mol.